The first-order valence-corrected chi connectivity index (χ1v) is 7.32. The van der Waals surface area contributed by atoms with Crippen molar-refractivity contribution in [2.45, 2.75) is 46.7 Å². The van der Waals surface area contributed by atoms with Crippen LogP contribution < -0.4 is 4.74 Å². The molecule has 0 aromatic heterocycles. The normalized spacial score (nSPS) is 10.9. The third kappa shape index (κ3) is 4.53. The number of carbonyl (C=O) groups excluding carboxylic acids is 1. The van der Waals surface area contributed by atoms with Gasteiger partial charge in [0.2, 0.25) is 0 Å². The average Bonchev–Trinajstić information content (AvgIpc) is 2.26. The van der Waals surface area contributed by atoms with Crippen LogP contribution in [-0.2, 0) is 4.79 Å². The fourth-order valence-electron chi connectivity index (χ4n) is 2.11. The second-order valence-electron chi connectivity index (χ2n) is 5.21. The van der Waals surface area contributed by atoms with Crippen LogP contribution in [0.3, 0.4) is 0 Å². The van der Waals surface area contributed by atoms with Crippen molar-refractivity contribution in [3.05, 3.63) is 28.2 Å². The van der Waals surface area contributed by atoms with Crippen molar-refractivity contribution in [1.82, 2.24) is 4.90 Å². The molecule has 3 nitrogen and oxygen atoms in total. The van der Waals surface area contributed by atoms with Crippen LogP contribution in [0.2, 0.25) is 0 Å². The van der Waals surface area contributed by atoms with Crippen LogP contribution in [-0.4, -0.2) is 29.5 Å². The molecule has 1 aromatic carbocycles. The highest BCUT2D eigenvalue weighted by Gasteiger charge is 2.20. The number of nitrogens with zero attached hydrogens (tertiary/aromatic N) is 1. The Labute approximate surface area is 124 Å². The number of halogens is 1. The van der Waals surface area contributed by atoms with Gasteiger partial charge in [-0.25, -0.2) is 0 Å². The maximum absolute atomic E-state index is 12.2. The quantitative estimate of drug-likeness (QED) is 0.823. The first kappa shape index (κ1) is 16.0. The van der Waals surface area contributed by atoms with E-state index in [0.717, 1.165) is 10.0 Å². The Bertz CT molecular complexity index is 436. The topological polar surface area (TPSA) is 29.5 Å². The van der Waals surface area contributed by atoms with E-state index in [2.05, 4.69) is 15.9 Å². The summed E-state index contributed by atoms with van der Waals surface area (Å²) in [7, 11) is 0. The molecular formula is C15H22BrNO2. The molecule has 0 radical (unpaired) electrons. The zero-order valence-electron chi connectivity index (χ0n) is 12.2. The molecule has 0 aliphatic heterocycles. The Balaban J connectivity index is 2.67. The first-order chi connectivity index (χ1) is 8.82. The number of hydrogen-bond acceptors (Lipinski definition) is 2. The molecular weight excluding hydrogens is 306 g/mol. The van der Waals surface area contributed by atoms with E-state index in [9.17, 15) is 4.79 Å². The monoisotopic (exact) mass is 327 g/mol. The van der Waals surface area contributed by atoms with Gasteiger partial charge in [-0.05, 0) is 68.2 Å². The summed E-state index contributed by atoms with van der Waals surface area (Å²) in [6.07, 6.45) is 0. The minimum Gasteiger partial charge on any atom is -0.483 e. The number of aryl methyl sites for hydroxylation is 1. The zero-order chi connectivity index (χ0) is 14.6. The highest BCUT2D eigenvalue weighted by atomic mass is 79.9. The number of carbonyl (C=O) groups is 1. The molecule has 0 atom stereocenters. The molecule has 0 spiro atoms. The second-order valence-corrected chi connectivity index (χ2v) is 6.07. The second kappa shape index (κ2) is 6.94. The van der Waals surface area contributed by atoms with Crippen LogP contribution in [0.15, 0.2) is 22.7 Å². The van der Waals surface area contributed by atoms with Crippen LogP contribution >= 0.6 is 15.9 Å². The molecule has 0 N–H and O–H groups in total. The van der Waals surface area contributed by atoms with Crippen molar-refractivity contribution < 1.29 is 9.53 Å². The Morgan fingerprint density at radius 3 is 2.32 bits per heavy atom. The van der Waals surface area contributed by atoms with Crippen molar-refractivity contribution >= 4 is 21.8 Å². The predicted octanol–water partition coefficient (Wildman–Crippen LogP) is 3.78. The molecule has 0 aliphatic carbocycles. The number of benzene rings is 1. The van der Waals surface area contributed by atoms with Gasteiger partial charge in [0, 0.05) is 12.1 Å². The van der Waals surface area contributed by atoms with E-state index >= 15 is 0 Å². The molecule has 1 rings (SSSR count). The zero-order valence-corrected chi connectivity index (χ0v) is 13.8. The third-order valence-corrected chi connectivity index (χ3v) is 3.46. The largest absolute Gasteiger partial charge is 0.483 e. The maximum Gasteiger partial charge on any atom is 0.260 e. The molecule has 0 heterocycles. The molecule has 1 amide bonds. The van der Waals surface area contributed by atoms with Crippen molar-refractivity contribution in [1.29, 1.82) is 0 Å². The molecule has 19 heavy (non-hydrogen) atoms. The molecule has 0 fully saturated rings. The van der Waals surface area contributed by atoms with E-state index in [1.807, 2.05) is 57.7 Å². The summed E-state index contributed by atoms with van der Waals surface area (Å²) in [6.45, 7) is 10.1. The van der Waals surface area contributed by atoms with Gasteiger partial charge >= 0.3 is 0 Å². The fourth-order valence-corrected chi connectivity index (χ4v) is 2.72. The average molecular weight is 328 g/mol. The van der Waals surface area contributed by atoms with Crippen LogP contribution in [0, 0.1) is 6.92 Å². The lowest BCUT2D eigenvalue weighted by Crippen LogP contribution is -2.44. The Morgan fingerprint density at radius 2 is 1.84 bits per heavy atom. The van der Waals surface area contributed by atoms with Gasteiger partial charge in [-0.1, -0.05) is 6.07 Å². The highest BCUT2D eigenvalue weighted by molar-refractivity contribution is 9.10. The van der Waals surface area contributed by atoms with Crippen LogP contribution in [0.5, 0.6) is 5.75 Å². The standard InChI is InChI=1S/C15H22BrNO2/c1-10(2)17(11(3)4)15(18)9-19-14-7-6-12(5)8-13(14)16/h6-8,10-11H,9H2,1-5H3. The molecule has 106 valence electrons. The van der Waals surface area contributed by atoms with Crippen LogP contribution in [0.25, 0.3) is 0 Å². The molecule has 1 aromatic rings. The van der Waals surface area contributed by atoms with Gasteiger partial charge in [-0.15, -0.1) is 0 Å². The van der Waals surface area contributed by atoms with E-state index in [4.69, 9.17) is 4.74 Å². The molecule has 0 bridgehead atoms. The molecule has 0 saturated heterocycles. The van der Waals surface area contributed by atoms with E-state index < -0.39 is 0 Å². The van der Waals surface area contributed by atoms with Crippen molar-refractivity contribution in [2.24, 2.45) is 0 Å². The van der Waals surface area contributed by atoms with Gasteiger partial charge in [0.15, 0.2) is 6.61 Å². The lowest BCUT2D eigenvalue weighted by molar-refractivity contribution is -0.137. The van der Waals surface area contributed by atoms with Gasteiger partial charge < -0.3 is 9.64 Å². The summed E-state index contributed by atoms with van der Waals surface area (Å²) in [5, 5.41) is 0. The van der Waals surface area contributed by atoms with Crippen molar-refractivity contribution in [3.8, 4) is 5.75 Å². The van der Waals surface area contributed by atoms with Crippen LogP contribution in [0.4, 0.5) is 0 Å². The summed E-state index contributed by atoms with van der Waals surface area (Å²) < 4.78 is 6.47. The molecule has 0 saturated carbocycles. The van der Waals surface area contributed by atoms with Crippen LogP contribution in [0.1, 0.15) is 33.3 Å². The Hall–Kier alpha value is -1.03. The van der Waals surface area contributed by atoms with Gasteiger partial charge in [0.05, 0.1) is 4.47 Å². The van der Waals surface area contributed by atoms with Gasteiger partial charge in [-0.2, -0.15) is 0 Å². The van der Waals surface area contributed by atoms with Crippen molar-refractivity contribution in [3.63, 3.8) is 0 Å². The summed E-state index contributed by atoms with van der Waals surface area (Å²) in [5.74, 6) is 0.712. The summed E-state index contributed by atoms with van der Waals surface area (Å²) in [4.78, 5) is 14.0. The van der Waals surface area contributed by atoms with Gasteiger partial charge in [-0.3, -0.25) is 4.79 Å². The van der Waals surface area contributed by atoms with E-state index in [-0.39, 0.29) is 24.6 Å². The summed E-state index contributed by atoms with van der Waals surface area (Å²) in [6, 6.07) is 6.17. The number of rotatable bonds is 5. The SMILES string of the molecule is Cc1ccc(OCC(=O)N(C(C)C)C(C)C)c(Br)c1. The minimum absolute atomic E-state index is 0.0116. The summed E-state index contributed by atoms with van der Waals surface area (Å²) in [5.41, 5.74) is 1.15. The fraction of sp³-hybridized carbons (Fsp3) is 0.533. The predicted molar refractivity (Wildman–Crippen MR) is 81.5 cm³/mol. The third-order valence-electron chi connectivity index (χ3n) is 2.84. The van der Waals surface area contributed by atoms with E-state index in [1.165, 1.54) is 0 Å². The maximum atomic E-state index is 12.2. The lowest BCUT2D eigenvalue weighted by atomic mass is 10.2. The van der Waals surface area contributed by atoms with Crippen molar-refractivity contribution in [2.75, 3.05) is 6.61 Å². The highest BCUT2D eigenvalue weighted by Crippen LogP contribution is 2.25. The smallest absolute Gasteiger partial charge is 0.260 e. The number of amides is 1. The molecule has 4 heteroatoms. The Morgan fingerprint density at radius 1 is 1.26 bits per heavy atom. The first-order valence-electron chi connectivity index (χ1n) is 6.53. The molecule has 0 aliphatic rings. The summed E-state index contributed by atoms with van der Waals surface area (Å²) >= 11 is 3.44. The lowest BCUT2D eigenvalue weighted by Gasteiger charge is -2.30. The molecule has 0 unspecified atom stereocenters. The number of ether oxygens (including phenoxy) is 1. The van der Waals surface area contributed by atoms with E-state index in [0.29, 0.717) is 5.75 Å². The van der Waals surface area contributed by atoms with Gasteiger partial charge in [0.25, 0.3) is 5.91 Å². The minimum atomic E-state index is 0.0116. The van der Waals surface area contributed by atoms with Gasteiger partial charge in [0.1, 0.15) is 5.75 Å². The Kier molecular flexibility index (Phi) is 5.85. The van der Waals surface area contributed by atoms with E-state index in [1.54, 1.807) is 0 Å². The number of hydrogen-bond donors (Lipinski definition) is 0.